The Kier molecular flexibility index (Phi) is 8.85. The number of sulfonamides is 1. The second-order valence-electron chi connectivity index (χ2n) is 7.41. The Bertz CT molecular complexity index is 945. The predicted molar refractivity (Wildman–Crippen MR) is 121 cm³/mol. The van der Waals surface area contributed by atoms with Gasteiger partial charge < -0.3 is 10.2 Å². The summed E-state index contributed by atoms with van der Waals surface area (Å²) in [5.41, 5.74) is 1.48. The lowest BCUT2D eigenvalue weighted by Crippen LogP contribution is -3.11. The van der Waals surface area contributed by atoms with Crippen molar-refractivity contribution in [3.63, 3.8) is 0 Å². The number of hydrogen-bond donors (Lipinski definition) is 2. The molecule has 0 saturated heterocycles. The number of rotatable bonds is 10. The Balaban J connectivity index is 2.17. The molecule has 0 radical (unpaired) electrons. The minimum Gasteiger partial charge on any atom is -0.346 e. The maximum absolute atomic E-state index is 12.9. The summed E-state index contributed by atoms with van der Waals surface area (Å²) in [5, 5.41) is 3.05. The van der Waals surface area contributed by atoms with Gasteiger partial charge in [0.15, 0.2) is 0 Å². The number of likely N-dealkylation sites (N-methyl/N-ethyl adjacent to an activating group) is 1. The van der Waals surface area contributed by atoms with Gasteiger partial charge in [-0.05, 0) is 23.8 Å². The minimum atomic E-state index is -3.76. The zero-order chi connectivity index (χ0) is 22.3. The van der Waals surface area contributed by atoms with E-state index >= 15 is 0 Å². The third-order valence-electron chi connectivity index (χ3n) is 5.17. The molecule has 2 aromatic carbocycles. The topological polar surface area (TPSA) is 70.9 Å². The molecule has 164 valence electrons. The Labute approximate surface area is 184 Å². The normalized spacial score (nSPS) is 12.9. The number of halogens is 1. The number of benzene rings is 2. The highest BCUT2D eigenvalue weighted by Crippen LogP contribution is 2.25. The van der Waals surface area contributed by atoms with Crippen molar-refractivity contribution in [1.82, 2.24) is 9.62 Å². The average molecular weight is 453 g/mol. The lowest BCUT2D eigenvalue weighted by atomic mass is 10.1. The minimum absolute atomic E-state index is 0.0420. The molecule has 0 aliphatic rings. The molecule has 30 heavy (non-hydrogen) atoms. The second kappa shape index (κ2) is 10.9. The summed E-state index contributed by atoms with van der Waals surface area (Å²) in [5.74, 6) is -0.318. The molecule has 1 amide bonds. The molecule has 1 atom stereocenters. The maximum atomic E-state index is 12.9. The molecular weight excluding hydrogens is 422 g/mol. The fraction of sp³-hybridized carbons (Fsp3) is 0.409. The molecule has 0 aromatic heterocycles. The van der Waals surface area contributed by atoms with Gasteiger partial charge in [-0.15, -0.1) is 0 Å². The first-order chi connectivity index (χ1) is 14.2. The Morgan fingerprint density at radius 3 is 2.30 bits per heavy atom. The van der Waals surface area contributed by atoms with Crippen LogP contribution in [0.2, 0.25) is 5.02 Å². The maximum Gasteiger partial charge on any atom is 0.251 e. The van der Waals surface area contributed by atoms with E-state index in [1.807, 2.05) is 18.2 Å². The lowest BCUT2D eigenvalue weighted by molar-refractivity contribution is -0.884. The van der Waals surface area contributed by atoms with E-state index < -0.39 is 10.0 Å². The van der Waals surface area contributed by atoms with Gasteiger partial charge in [-0.3, -0.25) is 4.79 Å². The Morgan fingerprint density at radius 2 is 1.73 bits per heavy atom. The van der Waals surface area contributed by atoms with E-state index in [1.54, 1.807) is 19.9 Å². The van der Waals surface area contributed by atoms with E-state index in [9.17, 15) is 13.2 Å². The summed E-state index contributed by atoms with van der Waals surface area (Å²) in [6, 6.07) is 14.7. The Hall–Kier alpha value is -1.93. The molecule has 0 spiro atoms. The van der Waals surface area contributed by atoms with Crippen LogP contribution in [-0.2, 0) is 16.4 Å². The summed E-state index contributed by atoms with van der Waals surface area (Å²) in [6.45, 7) is 4.66. The number of nitrogens with one attached hydrogen (secondary N) is 2. The Morgan fingerprint density at radius 1 is 1.10 bits per heavy atom. The van der Waals surface area contributed by atoms with Crippen LogP contribution in [0, 0.1) is 0 Å². The SMILES string of the molecule is CCN(CC)S(=O)(=O)c1cc(C(=O)NC[C@@H](Cc2ccccc2)[NH+](C)C)ccc1Cl. The van der Waals surface area contributed by atoms with Crippen LogP contribution >= 0.6 is 11.6 Å². The largest absolute Gasteiger partial charge is 0.346 e. The van der Waals surface area contributed by atoms with Crippen LogP contribution in [-0.4, -0.2) is 58.4 Å². The van der Waals surface area contributed by atoms with Crippen molar-refractivity contribution in [3.05, 3.63) is 64.7 Å². The van der Waals surface area contributed by atoms with Crippen molar-refractivity contribution in [1.29, 1.82) is 0 Å². The van der Waals surface area contributed by atoms with Gasteiger partial charge in [0, 0.05) is 25.1 Å². The molecular formula is C22H31ClN3O3S+. The zero-order valence-corrected chi connectivity index (χ0v) is 19.6. The van der Waals surface area contributed by atoms with Crippen LogP contribution in [0.1, 0.15) is 29.8 Å². The smallest absolute Gasteiger partial charge is 0.251 e. The first-order valence-corrected chi connectivity index (χ1v) is 11.9. The predicted octanol–water partition coefficient (Wildman–Crippen LogP) is 1.86. The van der Waals surface area contributed by atoms with Gasteiger partial charge in [0.1, 0.15) is 10.9 Å². The summed E-state index contributed by atoms with van der Waals surface area (Å²) in [4.78, 5) is 13.9. The van der Waals surface area contributed by atoms with Crippen molar-refractivity contribution in [2.45, 2.75) is 31.2 Å². The van der Waals surface area contributed by atoms with Gasteiger partial charge in [0.05, 0.1) is 25.7 Å². The zero-order valence-electron chi connectivity index (χ0n) is 18.0. The van der Waals surface area contributed by atoms with Crippen LogP contribution in [0.4, 0.5) is 0 Å². The molecule has 0 heterocycles. The average Bonchev–Trinajstić information content (AvgIpc) is 2.72. The summed E-state index contributed by atoms with van der Waals surface area (Å²) < 4.78 is 27.0. The van der Waals surface area contributed by atoms with Gasteiger partial charge in [0.2, 0.25) is 10.0 Å². The van der Waals surface area contributed by atoms with Gasteiger partial charge in [-0.2, -0.15) is 4.31 Å². The van der Waals surface area contributed by atoms with Crippen molar-refractivity contribution >= 4 is 27.5 Å². The van der Waals surface area contributed by atoms with E-state index in [0.29, 0.717) is 19.6 Å². The number of quaternary nitrogens is 1. The fourth-order valence-electron chi connectivity index (χ4n) is 3.24. The monoisotopic (exact) mass is 452 g/mol. The molecule has 8 heteroatoms. The molecule has 2 N–H and O–H groups in total. The van der Waals surface area contributed by atoms with Crippen molar-refractivity contribution in [3.8, 4) is 0 Å². The summed E-state index contributed by atoms with van der Waals surface area (Å²) in [7, 11) is 0.349. The van der Waals surface area contributed by atoms with Gasteiger partial charge in [-0.25, -0.2) is 8.42 Å². The highest BCUT2D eigenvalue weighted by molar-refractivity contribution is 7.89. The molecule has 0 fully saturated rings. The van der Waals surface area contributed by atoms with E-state index in [2.05, 4.69) is 31.5 Å². The molecule has 2 aromatic rings. The van der Waals surface area contributed by atoms with Crippen LogP contribution in [0.25, 0.3) is 0 Å². The molecule has 6 nitrogen and oxygen atoms in total. The number of carbonyl (C=O) groups excluding carboxylic acids is 1. The molecule has 0 saturated carbocycles. The van der Waals surface area contributed by atoms with Crippen LogP contribution < -0.4 is 10.2 Å². The highest BCUT2D eigenvalue weighted by atomic mass is 35.5. The molecule has 0 aliphatic carbocycles. The molecule has 0 bridgehead atoms. The fourth-order valence-corrected chi connectivity index (χ4v) is 5.20. The van der Waals surface area contributed by atoms with E-state index in [0.717, 1.165) is 6.42 Å². The van der Waals surface area contributed by atoms with Crippen LogP contribution in [0.15, 0.2) is 53.4 Å². The van der Waals surface area contributed by atoms with Crippen LogP contribution in [0.5, 0.6) is 0 Å². The number of nitrogens with zero attached hydrogens (tertiary/aromatic N) is 1. The van der Waals surface area contributed by atoms with Gasteiger partial charge in [0.25, 0.3) is 5.91 Å². The third-order valence-corrected chi connectivity index (χ3v) is 7.70. The molecule has 0 aliphatic heterocycles. The summed E-state index contributed by atoms with van der Waals surface area (Å²) >= 11 is 6.16. The van der Waals surface area contributed by atoms with Crippen molar-refractivity contribution < 1.29 is 18.1 Å². The standard InChI is InChI=1S/C22H30ClN3O3S/c1-5-26(6-2)30(28,29)21-15-18(12-13-20(21)23)22(27)24-16-19(25(3)4)14-17-10-8-7-9-11-17/h7-13,15,19H,5-6,14,16H2,1-4H3,(H,24,27)/p+1/t19-/m1/s1. The van der Waals surface area contributed by atoms with Gasteiger partial charge >= 0.3 is 0 Å². The lowest BCUT2D eigenvalue weighted by Gasteiger charge is -2.22. The first-order valence-electron chi connectivity index (χ1n) is 10.1. The molecule has 0 unspecified atom stereocenters. The quantitative estimate of drug-likeness (QED) is 0.578. The molecule has 2 rings (SSSR count). The van der Waals surface area contributed by atoms with Crippen molar-refractivity contribution in [2.24, 2.45) is 0 Å². The number of amides is 1. The highest BCUT2D eigenvalue weighted by Gasteiger charge is 2.26. The van der Waals surface area contributed by atoms with E-state index in [1.165, 1.54) is 26.9 Å². The third kappa shape index (κ3) is 6.04. The van der Waals surface area contributed by atoms with Crippen molar-refractivity contribution in [2.75, 3.05) is 33.7 Å². The van der Waals surface area contributed by atoms with Crippen LogP contribution in [0.3, 0.4) is 0 Å². The number of carbonyl (C=O) groups is 1. The summed E-state index contributed by atoms with van der Waals surface area (Å²) in [6.07, 6.45) is 0.825. The van der Waals surface area contributed by atoms with E-state index in [-0.39, 0.29) is 27.4 Å². The number of hydrogen-bond acceptors (Lipinski definition) is 3. The first kappa shape index (κ1) is 24.3. The van der Waals surface area contributed by atoms with Gasteiger partial charge in [-0.1, -0.05) is 55.8 Å². The van der Waals surface area contributed by atoms with E-state index in [4.69, 9.17) is 11.6 Å². The second-order valence-corrected chi connectivity index (χ2v) is 9.72.